The Morgan fingerprint density at radius 3 is 2.74 bits per heavy atom. The lowest BCUT2D eigenvalue weighted by atomic mass is 10.0. The highest BCUT2D eigenvalue weighted by Crippen LogP contribution is 2.20. The molecule has 0 saturated heterocycles. The summed E-state index contributed by atoms with van der Waals surface area (Å²) in [6, 6.07) is 7.83. The van der Waals surface area contributed by atoms with Gasteiger partial charge in [0.15, 0.2) is 5.82 Å². The number of hydrogen-bond acceptors (Lipinski definition) is 4. The van der Waals surface area contributed by atoms with Crippen molar-refractivity contribution in [3.8, 4) is 0 Å². The van der Waals surface area contributed by atoms with Gasteiger partial charge >= 0.3 is 0 Å². The van der Waals surface area contributed by atoms with Crippen LogP contribution < -0.4 is 5.73 Å². The van der Waals surface area contributed by atoms with E-state index >= 15 is 0 Å². The van der Waals surface area contributed by atoms with Gasteiger partial charge in [-0.05, 0) is 24.0 Å². The first-order chi connectivity index (χ1) is 9.06. The van der Waals surface area contributed by atoms with E-state index in [0.717, 1.165) is 16.5 Å². The van der Waals surface area contributed by atoms with Gasteiger partial charge in [-0.1, -0.05) is 53.1 Å². The molecule has 0 spiro atoms. The maximum absolute atomic E-state index is 6.03. The van der Waals surface area contributed by atoms with Crippen LogP contribution >= 0.6 is 15.9 Å². The number of rotatable bonds is 5. The molecule has 2 N–H and O–H groups in total. The fourth-order valence-electron chi connectivity index (χ4n) is 1.91. The van der Waals surface area contributed by atoms with E-state index in [4.69, 9.17) is 10.3 Å². The fourth-order valence-corrected chi connectivity index (χ4v) is 2.34. The summed E-state index contributed by atoms with van der Waals surface area (Å²) in [6.07, 6.45) is 1.48. The lowest BCUT2D eigenvalue weighted by Crippen LogP contribution is -2.13. The zero-order chi connectivity index (χ0) is 13.8. The number of benzene rings is 1. The summed E-state index contributed by atoms with van der Waals surface area (Å²) in [6.45, 7) is 4.25. The van der Waals surface area contributed by atoms with Crippen LogP contribution in [0.3, 0.4) is 0 Å². The Balaban J connectivity index is 2.07. The van der Waals surface area contributed by atoms with Gasteiger partial charge in [0.25, 0.3) is 0 Å². The molecule has 0 bridgehead atoms. The molecular formula is C14H18BrN3O. The van der Waals surface area contributed by atoms with Gasteiger partial charge in [0, 0.05) is 10.9 Å². The standard InChI is InChI=1S/C14H18BrN3O/c1-9(2)7-12(16)14-17-13(18-19-14)8-10-5-3-4-6-11(10)15/h3-6,9,12H,7-8,16H2,1-2H3/t12-/m1/s1. The van der Waals surface area contributed by atoms with Gasteiger partial charge in [-0.25, -0.2) is 0 Å². The Morgan fingerprint density at radius 2 is 2.05 bits per heavy atom. The molecule has 0 unspecified atom stereocenters. The van der Waals surface area contributed by atoms with E-state index in [1.807, 2.05) is 24.3 Å². The maximum Gasteiger partial charge on any atom is 0.243 e. The topological polar surface area (TPSA) is 64.9 Å². The lowest BCUT2D eigenvalue weighted by molar-refractivity contribution is 0.333. The molecule has 1 aromatic carbocycles. The van der Waals surface area contributed by atoms with E-state index in [0.29, 0.717) is 24.1 Å². The highest BCUT2D eigenvalue weighted by Gasteiger charge is 2.16. The third-order valence-electron chi connectivity index (χ3n) is 2.83. The van der Waals surface area contributed by atoms with Crippen LogP contribution in [0.5, 0.6) is 0 Å². The van der Waals surface area contributed by atoms with Crippen LogP contribution in [0.2, 0.25) is 0 Å². The second-order valence-electron chi connectivity index (χ2n) is 5.05. The van der Waals surface area contributed by atoms with E-state index in [9.17, 15) is 0 Å². The zero-order valence-electron chi connectivity index (χ0n) is 11.1. The lowest BCUT2D eigenvalue weighted by Gasteiger charge is -2.08. The molecule has 1 heterocycles. The van der Waals surface area contributed by atoms with E-state index in [1.165, 1.54) is 0 Å². The van der Waals surface area contributed by atoms with Crippen LogP contribution in [0.15, 0.2) is 33.3 Å². The molecular weight excluding hydrogens is 306 g/mol. The fraction of sp³-hybridized carbons (Fsp3) is 0.429. The van der Waals surface area contributed by atoms with E-state index in [1.54, 1.807) is 0 Å². The quantitative estimate of drug-likeness (QED) is 0.914. The van der Waals surface area contributed by atoms with E-state index in [2.05, 4.69) is 39.9 Å². The number of aromatic nitrogens is 2. The highest BCUT2D eigenvalue weighted by atomic mass is 79.9. The summed E-state index contributed by atoms with van der Waals surface area (Å²) in [5, 5.41) is 3.99. The van der Waals surface area contributed by atoms with Gasteiger partial charge in [-0.2, -0.15) is 4.98 Å². The number of nitrogens with zero attached hydrogens (tertiary/aromatic N) is 2. The average molecular weight is 324 g/mol. The van der Waals surface area contributed by atoms with Crippen LogP contribution in [0.4, 0.5) is 0 Å². The minimum atomic E-state index is -0.180. The molecule has 0 aliphatic carbocycles. The van der Waals surface area contributed by atoms with Gasteiger partial charge in [-0.15, -0.1) is 0 Å². The first-order valence-electron chi connectivity index (χ1n) is 6.37. The van der Waals surface area contributed by atoms with Gasteiger partial charge in [0.05, 0.1) is 6.04 Å². The van der Waals surface area contributed by atoms with Crippen LogP contribution in [0.1, 0.15) is 43.6 Å². The smallest absolute Gasteiger partial charge is 0.243 e. The van der Waals surface area contributed by atoms with Crippen LogP contribution in [-0.2, 0) is 6.42 Å². The van der Waals surface area contributed by atoms with Crippen molar-refractivity contribution < 1.29 is 4.52 Å². The van der Waals surface area contributed by atoms with Crippen LogP contribution in [-0.4, -0.2) is 10.1 Å². The van der Waals surface area contributed by atoms with Crippen molar-refractivity contribution in [2.24, 2.45) is 11.7 Å². The maximum atomic E-state index is 6.03. The molecule has 5 heteroatoms. The summed E-state index contributed by atoms with van der Waals surface area (Å²) < 4.78 is 6.29. The Bertz CT molecular complexity index is 539. The second kappa shape index (κ2) is 6.30. The number of halogens is 1. The third-order valence-corrected chi connectivity index (χ3v) is 3.61. The minimum absolute atomic E-state index is 0.180. The van der Waals surface area contributed by atoms with Crippen molar-refractivity contribution >= 4 is 15.9 Å². The number of hydrogen-bond donors (Lipinski definition) is 1. The van der Waals surface area contributed by atoms with Crippen molar-refractivity contribution in [3.63, 3.8) is 0 Å². The van der Waals surface area contributed by atoms with Crippen molar-refractivity contribution in [1.82, 2.24) is 10.1 Å². The second-order valence-corrected chi connectivity index (χ2v) is 5.91. The van der Waals surface area contributed by atoms with Gasteiger partial charge < -0.3 is 10.3 Å². The molecule has 1 aromatic heterocycles. The van der Waals surface area contributed by atoms with Crippen molar-refractivity contribution in [1.29, 1.82) is 0 Å². The van der Waals surface area contributed by atoms with Crippen LogP contribution in [0, 0.1) is 5.92 Å². The molecule has 2 aromatic rings. The Hall–Kier alpha value is -1.20. The molecule has 0 saturated carbocycles. The van der Waals surface area contributed by atoms with Crippen molar-refractivity contribution in [2.45, 2.75) is 32.7 Å². The normalized spacial score (nSPS) is 12.9. The monoisotopic (exact) mass is 323 g/mol. The average Bonchev–Trinajstić information content (AvgIpc) is 2.80. The Morgan fingerprint density at radius 1 is 1.32 bits per heavy atom. The largest absolute Gasteiger partial charge is 0.338 e. The van der Waals surface area contributed by atoms with Gasteiger partial charge in [0.1, 0.15) is 0 Å². The molecule has 2 rings (SSSR count). The zero-order valence-corrected chi connectivity index (χ0v) is 12.7. The van der Waals surface area contributed by atoms with Gasteiger partial charge in [0.2, 0.25) is 5.89 Å². The molecule has 0 amide bonds. The summed E-state index contributed by atoms with van der Waals surface area (Å²) in [4.78, 5) is 4.38. The molecule has 0 radical (unpaired) electrons. The molecule has 4 nitrogen and oxygen atoms in total. The Kier molecular flexibility index (Phi) is 4.71. The highest BCUT2D eigenvalue weighted by molar-refractivity contribution is 9.10. The predicted molar refractivity (Wildman–Crippen MR) is 77.6 cm³/mol. The molecule has 19 heavy (non-hydrogen) atoms. The third kappa shape index (κ3) is 3.88. The summed E-state index contributed by atoms with van der Waals surface area (Å²) in [7, 11) is 0. The summed E-state index contributed by atoms with van der Waals surface area (Å²) >= 11 is 3.51. The van der Waals surface area contributed by atoms with Crippen molar-refractivity contribution in [2.75, 3.05) is 0 Å². The Labute approximate surface area is 121 Å². The van der Waals surface area contributed by atoms with E-state index < -0.39 is 0 Å². The molecule has 0 aliphatic heterocycles. The molecule has 0 fully saturated rings. The van der Waals surface area contributed by atoms with Crippen molar-refractivity contribution in [3.05, 3.63) is 46.0 Å². The number of nitrogens with two attached hydrogens (primary N) is 1. The molecule has 0 aliphatic rings. The molecule has 102 valence electrons. The first kappa shape index (κ1) is 14.2. The summed E-state index contributed by atoms with van der Waals surface area (Å²) in [5.74, 6) is 1.70. The summed E-state index contributed by atoms with van der Waals surface area (Å²) in [5.41, 5.74) is 7.16. The van der Waals surface area contributed by atoms with Gasteiger partial charge in [-0.3, -0.25) is 0 Å². The predicted octanol–water partition coefficient (Wildman–Crippen LogP) is 3.47. The van der Waals surface area contributed by atoms with E-state index in [-0.39, 0.29) is 6.04 Å². The van der Waals surface area contributed by atoms with Crippen LogP contribution in [0.25, 0.3) is 0 Å². The minimum Gasteiger partial charge on any atom is -0.338 e. The first-order valence-corrected chi connectivity index (χ1v) is 7.17. The SMILES string of the molecule is CC(C)C[C@@H](N)c1nc(Cc2ccccc2Br)no1. The molecule has 1 atom stereocenters.